The highest BCUT2D eigenvalue weighted by Gasteiger charge is 2.31. The quantitative estimate of drug-likeness (QED) is 0.406. The number of nitrogens with zero attached hydrogens (tertiary/aromatic N) is 5. The summed E-state index contributed by atoms with van der Waals surface area (Å²) in [6.07, 6.45) is 2.65. The predicted octanol–water partition coefficient (Wildman–Crippen LogP) is 4.44. The summed E-state index contributed by atoms with van der Waals surface area (Å²) >= 11 is 0. The lowest BCUT2D eigenvalue weighted by Crippen LogP contribution is -2.29. The number of hydrogen-bond acceptors (Lipinski definition) is 6. The van der Waals surface area contributed by atoms with Gasteiger partial charge in [-0.1, -0.05) is 61.5 Å². The molecule has 0 aliphatic carbocycles. The van der Waals surface area contributed by atoms with Crippen molar-refractivity contribution in [3.05, 3.63) is 77.8 Å². The normalized spacial score (nSPS) is 15.8. The number of rotatable bonds is 8. The van der Waals surface area contributed by atoms with Crippen molar-refractivity contribution in [1.82, 2.24) is 20.0 Å². The molecular weight excluding hydrogens is 404 g/mol. The SMILES string of the molecule is CC(C)C(c1nc2ccccc2n1CCc1ccccc1)N1C/C(=C/CC(=O)NO)N=N1. The Morgan fingerprint density at radius 2 is 1.91 bits per heavy atom. The minimum Gasteiger partial charge on any atom is -0.326 e. The Kier molecular flexibility index (Phi) is 6.61. The molecule has 2 N–H and O–H groups in total. The number of aryl methyl sites for hydroxylation is 2. The third kappa shape index (κ3) is 4.70. The monoisotopic (exact) mass is 432 g/mol. The summed E-state index contributed by atoms with van der Waals surface area (Å²) in [4.78, 5) is 16.3. The van der Waals surface area contributed by atoms with E-state index in [4.69, 9.17) is 10.2 Å². The summed E-state index contributed by atoms with van der Waals surface area (Å²) in [5, 5.41) is 19.3. The minimum absolute atomic E-state index is 0.0562. The van der Waals surface area contributed by atoms with Crippen molar-refractivity contribution in [2.45, 2.75) is 39.3 Å². The molecule has 0 bridgehead atoms. The van der Waals surface area contributed by atoms with Gasteiger partial charge in [0.05, 0.1) is 23.3 Å². The van der Waals surface area contributed by atoms with E-state index < -0.39 is 5.91 Å². The van der Waals surface area contributed by atoms with Crippen molar-refractivity contribution in [2.24, 2.45) is 16.3 Å². The molecule has 8 nitrogen and oxygen atoms in total. The number of benzene rings is 2. The topological polar surface area (TPSA) is 95.1 Å². The molecule has 0 saturated heterocycles. The lowest BCUT2D eigenvalue weighted by Gasteiger charge is -2.28. The first-order valence-electron chi connectivity index (χ1n) is 10.9. The van der Waals surface area contributed by atoms with Crippen LogP contribution < -0.4 is 5.48 Å². The van der Waals surface area contributed by atoms with Crippen LogP contribution in [0.1, 0.15) is 37.7 Å². The zero-order valence-corrected chi connectivity index (χ0v) is 18.3. The molecule has 0 fully saturated rings. The maximum absolute atomic E-state index is 11.3. The number of carbonyl (C=O) groups is 1. The summed E-state index contributed by atoms with van der Waals surface area (Å²) < 4.78 is 2.30. The molecular formula is C24H28N6O2. The number of hydrogen-bond donors (Lipinski definition) is 2. The maximum Gasteiger partial charge on any atom is 0.247 e. The van der Waals surface area contributed by atoms with Gasteiger partial charge in [0.15, 0.2) is 0 Å². The minimum atomic E-state index is -0.478. The van der Waals surface area contributed by atoms with Crippen LogP contribution in [0.15, 0.2) is 76.7 Å². The highest BCUT2D eigenvalue weighted by Crippen LogP contribution is 2.34. The molecule has 8 heteroatoms. The first-order chi connectivity index (χ1) is 15.6. The van der Waals surface area contributed by atoms with Gasteiger partial charge in [0.25, 0.3) is 0 Å². The average molecular weight is 433 g/mol. The Balaban J connectivity index is 1.64. The van der Waals surface area contributed by atoms with E-state index >= 15 is 0 Å². The molecule has 0 saturated carbocycles. The molecule has 1 aromatic heterocycles. The van der Waals surface area contributed by atoms with Gasteiger partial charge in [0.2, 0.25) is 5.91 Å². The molecule has 1 atom stereocenters. The largest absolute Gasteiger partial charge is 0.326 e. The predicted molar refractivity (Wildman–Crippen MR) is 122 cm³/mol. The lowest BCUT2D eigenvalue weighted by molar-refractivity contribution is -0.128. The second-order valence-electron chi connectivity index (χ2n) is 8.26. The molecule has 0 radical (unpaired) electrons. The Bertz CT molecular complexity index is 1140. The second kappa shape index (κ2) is 9.74. The standard InChI is InChI=1S/C24H28N6O2/c1-17(2)23(30-16-19(26-28-30)12-13-22(31)27-32)24-25-20-10-6-7-11-21(20)29(24)15-14-18-8-4-3-5-9-18/h3-12,17,23,32H,13-16H2,1-2H3,(H,27,31)/b19-12-. The fourth-order valence-electron chi connectivity index (χ4n) is 4.08. The van der Waals surface area contributed by atoms with Gasteiger partial charge >= 0.3 is 0 Å². The molecule has 0 spiro atoms. The van der Waals surface area contributed by atoms with Crippen LogP contribution in [0.3, 0.4) is 0 Å². The maximum atomic E-state index is 11.3. The summed E-state index contributed by atoms with van der Waals surface area (Å²) in [6, 6.07) is 18.6. The fourth-order valence-corrected chi connectivity index (χ4v) is 4.08. The number of imidazole rings is 1. The van der Waals surface area contributed by atoms with Gasteiger partial charge in [-0.25, -0.2) is 10.5 Å². The number of nitrogens with one attached hydrogen (secondary N) is 1. The van der Waals surface area contributed by atoms with Gasteiger partial charge in [-0.05, 0) is 36.1 Å². The number of aromatic nitrogens is 2. The van der Waals surface area contributed by atoms with E-state index in [-0.39, 0.29) is 18.4 Å². The third-order valence-electron chi connectivity index (χ3n) is 5.63. The van der Waals surface area contributed by atoms with Crippen LogP contribution in [-0.4, -0.2) is 32.2 Å². The highest BCUT2D eigenvalue weighted by molar-refractivity contribution is 5.76. The van der Waals surface area contributed by atoms with Crippen LogP contribution >= 0.6 is 0 Å². The van der Waals surface area contributed by atoms with Crippen LogP contribution in [0.2, 0.25) is 0 Å². The first-order valence-corrected chi connectivity index (χ1v) is 10.9. The summed E-state index contributed by atoms with van der Waals surface area (Å²) in [6.45, 7) is 5.61. The number of hydroxylamine groups is 1. The van der Waals surface area contributed by atoms with E-state index in [2.05, 4.69) is 59.1 Å². The number of amides is 1. The van der Waals surface area contributed by atoms with Crippen molar-refractivity contribution in [1.29, 1.82) is 0 Å². The van der Waals surface area contributed by atoms with Crippen LogP contribution in [0.25, 0.3) is 11.0 Å². The van der Waals surface area contributed by atoms with Gasteiger partial charge in [-0.15, -0.1) is 5.11 Å². The first kappa shape index (κ1) is 21.7. The van der Waals surface area contributed by atoms with Gasteiger partial charge in [0, 0.05) is 13.0 Å². The van der Waals surface area contributed by atoms with Gasteiger partial charge in [-0.2, -0.15) is 0 Å². The van der Waals surface area contributed by atoms with Crippen LogP contribution in [-0.2, 0) is 17.8 Å². The van der Waals surface area contributed by atoms with E-state index in [9.17, 15) is 4.79 Å². The van der Waals surface area contributed by atoms with Crippen molar-refractivity contribution in [3.63, 3.8) is 0 Å². The molecule has 1 amide bonds. The van der Waals surface area contributed by atoms with E-state index in [1.165, 1.54) is 5.56 Å². The van der Waals surface area contributed by atoms with Gasteiger partial charge in [-0.3, -0.25) is 15.0 Å². The van der Waals surface area contributed by atoms with E-state index in [1.54, 1.807) is 11.6 Å². The molecule has 3 aromatic rings. The zero-order valence-electron chi connectivity index (χ0n) is 18.3. The van der Waals surface area contributed by atoms with Crippen LogP contribution in [0.5, 0.6) is 0 Å². The molecule has 166 valence electrons. The van der Waals surface area contributed by atoms with Crippen LogP contribution in [0, 0.1) is 5.92 Å². The summed E-state index contributed by atoms with van der Waals surface area (Å²) in [7, 11) is 0. The third-order valence-corrected chi connectivity index (χ3v) is 5.63. The Morgan fingerprint density at radius 3 is 2.66 bits per heavy atom. The molecule has 2 heterocycles. The van der Waals surface area contributed by atoms with Gasteiger partial charge in [0.1, 0.15) is 11.9 Å². The van der Waals surface area contributed by atoms with E-state index in [1.807, 2.05) is 29.3 Å². The molecule has 2 aromatic carbocycles. The van der Waals surface area contributed by atoms with Gasteiger partial charge < -0.3 is 4.57 Å². The Morgan fingerprint density at radius 1 is 1.16 bits per heavy atom. The molecule has 1 aliphatic rings. The van der Waals surface area contributed by atoms with E-state index in [0.29, 0.717) is 12.2 Å². The van der Waals surface area contributed by atoms with E-state index in [0.717, 1.165) is 29.8 Å². The molecule has 4 rings (SSSR count). The van der Waals surface area contributed by atoms with Crippen molar-refractivity contribution >= 4 is 16.9 Å². The highest BCUT2D eigenvalue weighted by atomic mass is 16.5. The Labute approximate surface area is 187 Å². The molecule has 32 heavy (non-hydrogen) atoms. The molecule has 1 aliphatic heterocycles. The van der Waals surface area contributed by atoms with Crippen molar-refractivity contribution in [2.75, 3.05) is 6.54 Å². The summed E-state index contributed by atoms with van der Waals surface area (Å²) in [5.74, 6) is 0.723. The zero-order chi connectivity index (χ0) is 22.5. The van der Waals surface area contributed by atoms with Crippen LogP contribution in [0.4, 0.5) is 0 Å². The van der Waals surface area contributed by atoms with Crippen molar-refractivity contribution < 1.29 is 10.0 Å². The number of para-hydroxylation sites is 2. The summed E-state index contributed by atoms with van der Waals surface area (Å²) in [5.41, 5.74) is 5.69. The smallest absolute Gasteiger partial charge is 0.247 e. The lowest BCUT2D eigenvalue weighted by atomic mass is 10.0. The Hall–Kier alpha value is -3.52. The fraction of sp³-hybridized carbons (Fsp3) is 0.333. The van der Waals surface area contributed by atoms with Crippen molar-refractivity contribution in [3.8, 4) is 0 Å². The average Bonchev–Trinajstić information content (AvgIpc) is 3.41. The second-order valence-corrected chi connectivity index (χ2v) is 8.26. The number of fused-ring (bicyclic) bond motifs is 1. The molecule has 1 unspecified atom stereocenters. The number of carbonyl (C=O) groups excluding carboxylic acids is 1.